The average Bonchev–Trinajstić information content (AvgIpc) is 3.15. The van der Waals surface area contributed by atoms with Crippen LogP contribution in [0.1, 0.15) is 30.3 Å². The van der Waals surface area contributed by atoms with Gasteiger partial charge in [-0.1, -0.05) is 47.6 Å². The van der Waals surface area contributed by atoms with E-state index in [2.05, 4.69) is 15.5 Å². The molecular weight excluding hydrogens is 365 g/mol. The number of carbonyl (C=O) groups is 2. The molecule has 0 bridgehead atoms. The lowest BCUT2D eigenvalue weighted by Crippen LogP contribution is -2.30. The number of hydrogen-bond donors (Lipinski definition) is 2. The fourth-order valence-electron chi connectivity index (χ4n) is 2.71. The number of aliphatic carboxylic acids is 1. The van der Waals surface area contributed by atoms with Crippen molar-refractivity contribution >= 4 is 11.9 Å². The molecule has 0 aliphatic carbocycles. The first-order valence-corrected chi connectivity index (χ1v) is 8.66. The molecule has 3 aromatic rings. The number of carboxylic acid groups (broad SMARTS) is 1. The number of nitrogens with zero attached hydrogens (tertiary/aromatic N) is 2. The Labute approximate surface area is 160 Å². The van der Waals surface area contributed by atoms with E-state index in [1.807, 2.05) is 6.07 Å². The van der Waals surface area contributed by atoms with Crippen LogP contribution in [0.25, 0.3) is 11.4 Å². The van der Waals surface area contributed by atoms with Crippen molar-refractivity contribution in [2.24, 2.45) is 0 Å². The minimum absolute atomic E-state index is 0.0296. The summed E-state index contributed by atoms with van der Waals surface area (Å²) in [5.41, 5.74) is 0.922. The van der Waals surface area contributed by atoms with E-state index in [0.717, 1.165) is 0 Å². The van der Waals surface area contributed by atoms with E-state index in [0.29, 0.717) is 5.56 Å². The van der Waals surface area contributed by atoms with Crippen LogP contribution in [0.2, 0.25) is 0 Å². The third kappa shape index (κ3) is 5.00. The fourth-order valence-corrected chi connectivity index (χ4v) is 2.71. The van der Waals surface area contributed by atoms with Crippen molar-refractivity contribution in [3.63, 3.8) is 0 Å². The molecule has 1 amide bonds. The summed E-state index contributed by atoms with van der Waals surface area (Å²) in [4.78, 5) is 27.5. The molecule has 0 fully saturated rings. The third-order valence-electron chi connectivity index (χ3n) is 4.06. The quantitative estimate of drug-likeness (QED) is 0.619. The molecule has 1 unspecified atom stereocenters. The Bertz CT molecular complexity index is 959. The zero-order valence-electron chi connectivity index (χ0n) is 14.8. The summed E-state index contributed by atoms with van der Waals surface area (Å²) < 4.78 is 18.9. The molecule has 0 radical (unpaired) electrons. The lowest BCUT2D eigenvalue weighted by Gasteiger charge is -2.17. The summed E-state index contributed by atoms with van der Waals surface area (Å²) in [6.45, 7) is 0. The van der Waals surface area contributed by atoms with Gasteiger partial charge in [-0.05, 0) is 17.7 Å². The van der Waals surface area contributed by atoms with E-state index in [1.54, 1.807) is 36.4 Å². The van der Waals surface area contributed by atoms with Crippen molar-refractivity contribution in [3.05, 3.63) is 71.9 Å². The maximum absolute atomic E-state index is 13.8. The van der Waals surface area contributed by atoms with E-state index in [1.165, 1.54) is 12.1 Å². The Kier molecular flexibility index (Phi) is 6.11. The number of carbonyl (C=O) groups excluding carboxylic acids is 1. The largest absolute Gasteiger partial charge is 0.481 e. The van der Waals surface area contributed by atoms with Gasteiger partial charge in [0.25, 0.3) is 0 Å². The molecule has 1 heterocycles. The van der Waals surface area contributed by atoms with E-state index in [4.69, 9.17) is 9.63 Å². The molecule has 2 aromatic carbocycles. The minimum Gasteiger partial charge on any atom is -0.481 e. The van der Waals surface area contributed by atoms with Crippen LogP contribution in [0.3, 0.4) is 0 Å². The summed E-state index contributed by atoms with van der Waals surface area (Å²) in [7, 11) is 0. The zero-order valence-corrected chi connectivity index (χ0v) is 14.8. The average molecular weight is 383 g/mol. The minimum atomic E-state index is -1.01. The van der Waals surface area contributed by atoms with Crippen LogP contribution in [0.15, 0.2) is 59.1 Å². The number of halogens is 1. The highest BCUT2D eigenvalue weighted by molar-refractivity contribution is 5.78. The van der Waals surface area contributed by atoms with Crippen molar-refractivity contribution < 1.29 is 23.6 Å². The number of amides is 1. The van der Waals surface area contributed by atoms with Gasteiger partial charge in [-0.3, -0.25) is 9.59 Å². The zero-order chi connectivity index (χ0) is 19.9. The Balaban J connectivity index is 1.60. The van der Waals surface area contributed by atoms with Crippen molar-refractivity contribution in [1.82, 2.24) is 15.5 Å². The van der Waals surface area contributed by atoms with E-state index < -0.39 is 17.8 Å². The van der Waals surface area contributed by atoms with Gasteiger partial charge in [0.1, 0.15) is 5.82 Å². The number of benzene rings is 2. The molecule has 0 saturated heterocycles. The lowest BCUT2D eigenvalue weighted by molar-refractivity contribution is -0.137. The summed E-state index contributed by atoms with van der Waals surface area (Å²) in [5.74, 6) is -1.52. The summed E-state index contributed by atoms with van der Waals surface area (Å²) in [6, 6.07) is 14.3. The van der Waals surface area contributed by atoms with Crippen LogP contribution >= 0.6 is 0 Å². The van der Waals surface area contributed by atoms with Gasteiger partial charge in [-0.2, -0.15) is 4.98 Å². The molecule has 1 aromatic heterocycles. The maximum atomic E-state index is 13.8. The van der Waals surface area contributed by atoms with Crippen LogP contribution in [0.5, 0.6) is 0 Å². The standard InChI is InChI=1S/C20H18FN3O4/c21-15-9-5-4-8-14(15)20-23-18(28-24-20)11-10-17(25)22-16(12-19(26)27)13-6-2-1-3-7-13/h1-9,16H,10-12H2,(H,22,25)(H,26,27). The van der Waals surface area contributed by atoms with Gasteiger partial charge in [0.05, 0.1) is 18.0 Å². The first-order chi connectivity index (χ1) is 13.5. The number of nitrogens with one attached hydrogen (secondary N) is 1. The molecule has 3 rings (SSSR count). The molecule has 144 valence electrons. The Morgan fingerprint density at radius 2 is 1.82 bits per heavy atom. The van der Waals surface area contributed by atoms with Crippen LogP contribution < -0.4 is 5.32 Å². The molecule has 7 nitrogen and oxygen atoms in total. The molecule has 28 heavy (non-hydrogen) atoms. The van der Waals surface area contributed by atoms with Gasteiger partial charge < -0.3 is 14.9 Å². The molecule has 8 heteroatoms. The van der Waals surface area contributed by atoms with Gasteiger partial charge in [0.15, 0.2) is 0 Å². The van der Waals surface area contributed by atoms with Crippen molar-refractivity contribution in [1.29, 1.82) is 0 Å². The SMILES string of the molecule is O=C(O)CC(NC(=O)CCc1nc(-c2ccccc2F)no1)c1ccccc1. The molecule has 0 aliphatic heterocycles. The molecule has 0 saturated carbocycles. The first-order valence-electron chi connectivity index (χ1n) is 8.66. The second-order valence-electron chi connectivity index (χ2n) is 6.12. The predicted molar refractivity (Wildman–Crippen MR) is 97.6 cm³/mol. The van der Waals surface area contributed by atoms with Gasteiger partial charge in [-0.15, -0.1) is 0 Å². The smallest absolute Gasteiger partial charge is 0.305 e. The highest BCUT2D eigenvalue weighted by Crippen LogP contribution is 2.20. The van der Waals surface area contributed by atoms with E-state index in [-0.39, 0.29) is 42.4 Å². The Morgan fingerprint density at radius 3 is 2.54 bits per heavy atom. The number of hydrogen-bond acceptors (Lipinski definition) is 5. The van der Waals surface area contributed by atoms with E-state index in [9.17, 15) is 14.0 Å². The molecule has 0 aliphatic rings. The Morgan fingerprint density at radius 1 is 1.11 bits per heavy atom. The van der Waals surface area contributed by atoms with Crippen molar-refractivity contribution in [3.8, 4) is 11.4 Å². The number of rotatable bonds is 8. The summed E-state index contributed by atoms with van der Waals surface area (Å²) in [5, 5.41) is 15.5. The molecule has 0 spiro atoms. The highest BCUT2D eigenvalue weighted by Gasteiger charge is 2.19. The van der Waals surface area contributed by atoms with E-state index >= 15 is 0 Å². The Hall–Kier alpha value is -3.55. The third-order valence-corrected chi connectivity index (χ3v) is 4.06. The van der Waals surface area contributed by atoms with Gasteiger partial charge >= 0.3 is 5.97 Å². The summed E-state index contributed by atoms with van der Waals surface area (Å²) >= 11 is 0. The van der Waals surface area contributed by atoms with Crippen LogP contribution in [-0.2, 0) is 16.0 Å². The predicted octanol–water partition coefficient (Wildman–Crippen LogP) is 3.14. The van der Waals surface area contributed by atoms with Crippen LogP contribution in [0, 0.1) is 5.82 Å². The monoisotopic (exact) mass is 383 g/mol. The second-order valence-corrected chi connectivity index (χ2v) is 6.12. The normalized spacial score (nSPS) is 11.8. The number of carboxylic acids is 1. The van der Waals surface area contributed by atoms with Crippen molar-refractivity contribution in [2.75, 3.05) is 0 Å². The second kappa shape index (κ2) is 8.90. The molecule has 2 N–H and O–H groups in total. The van der Waals surface area contributed by atoms with Crippen LogP contribution in [-0.4, -0.2) is 27.1 Å². The van der Waals surface area contributed by atoms with Crippen molar-refractivity contribution in [2.45, 2.75) is 25.3 Å². The first kappa shape index (κ1) is 19.2. The topological polar surface area (TPSA) is 105 Å². The lowest BCUT2D eigenvalue weighted by atomic mass is 10.0. The maximum Gasteiger partial charge on any atom is 0.305 e. The number of aromatic nitrogens is 2. The van der Waals surface area contributed by atoms with Crippen LogP contribution in [0.4, 0.5) is 4.39 Å². The molecular formula is C20H18FN3O4. The fraction of sp³-hybridized carbons (Fsp3) is 0.200. The number of aryl methyl sites for hydroxylation is 1. The summed E-state index contributed by atoms with van der Waals surface area (Å²) in [6.07, 6.45) is -0.0442. The van der Waals surface area contributed by atoms with Gasteiger partial charge in [-0.25, -0.2) is 4.39 Å². The molecule has 1 atom stereocenters. The highest BCUT2D eigenvalue weighted by atomic mass is 19.1. The van der Waals surface area contributed by atoms with Gasteiger partial charge in [0, 0.05) is 12.8 Å². The van der Waals surface area contributed by atoms with Gasteiger partial charge in [0.2, 0.25) is 17.6 Å².